The fourth-order valence-electron chi connectivity index (χ4n) is 5.25. The van der Waals surface area contributed by atoms with Gasteiger partial charge in [0.15, 0.2) is 5.78 Å². The van der Waals surface area contributed by atoms with E-state index in [0.29, 0.717) is 12.0 Å². The summed E-state index contributed by atoms with van der Waals surface area (Å²) in [6.45, 7) is 6.36. The standard InChI is InChI=1S/C20H28O4/c1-11(9-21)14-6-7-20(3)8-15-12(2)18(23)19(24)17(15)13(10-22)4-5-16(14)20/h4,10-12,15,17-18,21,23H,5-9H2,1-3H3/b13-4-/t11?,12-,15+,17-,18-,20-/m0/s1. The highest BCUT2D eigenvalue weighted by Crippen LogP contribution is 2.55. The van der Waals surface area contributed by atoms with Crippen LogP contribution in [0.25, 0.3) is 0 Å². The van der Waals surface area contributed by atoms with E-state index < -0.39 is 12.0 Å². The minimum Gasteiger partial charge on any atom is -0.396 e. The molecule has 2 N–H and O–H groups in total. The average Bonchev–Trinajstić information content (AvgIpc) is 2.97. The van der Waals surface area contributed by atoms with E-state index in [1.165, 1.54) is 11.1 Å². The number of hydrogen-bond donors (Lipinski definition) is 2. The van der Waals surface area contributed by atoms with Gasteiger partial charge in [0.1, 0.15) is 12.4 Å². The summed E-state index contributed by atoms with van der Waals surface area (Å²) in [5.74, 6) is -0.623. The van der Waals surface area contributed by atoms with Crippen molar-refractivity contribution in [1.82, 2.24) is 0 Å². The Morgan fingerprint density at radius 2 is 2.17 bits per heavy atom. The largest absolute Gasteiger partial charge is 0.396 e. The normalized spacial score (nSPS) is 42.7. The van der Waals surface area contributed by atoms with Crippen molar-refractivity contribution >= 4 is 12.1 Å². The van der Waals surface area contributed by atoms with Crippen LogP contribution in [0.5, 0.6) is 0 Å². The van der Waals surface area contributed by atoms with E-state index in [1.54, 1.807) is 0 Å². The average molecular weight is 332 g/mol. The molecule has 0 aromatic carbocycles. The minimum absolute atomic E-state index is 0.00744. The molecule has 132 valence electrons. The number of ketones is 1. The summed E-state index contributed by atoms with van der Waals surface area (Å²) in [4.78, 5) is 24.1. The molecular weight excluding hydrogens is 304 g/mol. The molecule has 0 saturated heterocycles. The lowest BCUT2D eigenvalue weighted by Crippen LogP contribution is -2.30. The molecular formula is C20H28O4. The van der Waals surface area contributed by atoms with Crippen LogP contribution in [0.4, 0.5) is 0 Å². The molecule has 4 nitrogen and oxygen atoms in total. The molecule has 3 aliphatic rings. The molecule has 0 aromatic heterocycles. The first-order chi connectivity index (χ1) is 11.3. The van der Waals surface area contributed by atoms with Crippen molar-refractivity contribution in [2.45, 2.75) is 52.6 Å². The summed E-state index contributed by atoms with van der Waals surface area (Å²) in [6.07, 6.45) is 5.22. The van der Waals surface area contributed by atoms with Gasteiger partial charge in [0, 0.05) is 12.5 Å². The van der Waals surface area contributed by atoms with Crippen molar-refractivity contribution in [3.8, 4) is 0 Å². The Kier molecular flexibility index (Phi) is 4.56. The van der Waals surface area contributed by atoms with E-state index in [9.17, 15) is 19.8 Å². The highest BCUT2D eigenvalue weighted by molar-refractivity contribution is 5.96. The van der Waals surface area contributed by atoms with Crippen molar-refractivity contribution in [3.05, 3.63) is 22.8 Å². The number of carbonyl (C=O) groups excluding carboxylic acids is 2. The van der Waals surface area contributed by atoms with Crippen LogP contribution in [0.3, 0.4) is 0 Å². The van der Waals surface area contributed by atoms with Gasteiger partial charge < -0.3 is 10.2 Å². The van der Waals surface area contributed by atoms with Crippen molar-refractivity contribution in [1.29, 1.82) is 0 Å². The molecule has 3 aliphatic carbocycles. The van der Waals surface area contributed by atoms with Gasteiger partial charge in [-0.1, -0.05) is 38.0 Å². The second-order valence-corrected chi connectivity index (χ2v) is 8.23. The molecule has 0 radical (unpaired) electrons. The van der Waals surface area contributed by atoms with Gasteiger partial charge in [0.2, 0.25) is 0 Å². The lowest BCUT2D eigenvalue weighted by atomic mass is 9.67. The molecule has 0 spiro atoms. The van der Waals surface area contributed by atoms with Crippen LogP contribution < -0.4 is 0 Å². The predicted octanol–water partition coefficient (Wildman–Crippen LogP) is 2.44. The van der Waals surface area contributed by atoms with Crippen molar-refractivity contribution in [2.75, 3.05) is 6.61 Å². The lowest BCUT2D eigenvalue weighted by molar-refractivity contribution is -0.128. The summed E-state index contributed by atoms with van der Waals surface area (Å²) in [5, 5.41) is 19.8. The Hall–Kier alpha value is -1.26. The van der Waals surface area contributed by atoms with Gasteiger partial charge in [-0.15, -0.1) is 0 Å². The fraction of sp³-hybridized carbons (Fsp3) is 0.700. The van der Waals surface area contributed by atoms with Crippen LogP contribution in [0, 0.1) is 29.1 Å². The van der Waals surface area contributed by atoms with E-state index in [4.69, 9.17) is 0 Å². The third-order valence-electron chi connectivity index (χ3n) is 6.85. The van der Waals surface area contributed by atoms with E-state index in [2.05, 4.69) is 6.92 Å². The monoisotopic (exact) mass is 332 g/mol. The van der Waals surface area contributed by atoms with Gasteiger partial charge >= 0.3 is 0 Å². The summed E-state index contributed by atoms with van der Waals surface area (Å²) >= 11 is 0. The molecule has 0 amide bonds. The van der Waals surface area contributed by atoms with Gasteiger partial charge in [-0.2, -0.15) is 0 Å². The zero-order valence-electron chi connectivity index (χ0n) is 14.8. The van der Waals surface area contributed by atoms with E-state index in [0.717, 1.165) is 25.5 Å². The van der Waals surface area contributed by atoms with Crippen LogP contribution in [0.1, 0.15) is 46.5 Å². The zero-order chi connectivity index (χ0) is 17.6. The predicted molar refractivity (Wildman–Crippen MR) is 91.2 cm³/mol. The van der Waals surface area contributed by atoms with Gasteiger partial charge in [-0.3, -0.25) is 9.59 Å². The Morgan fingerprint density at radius 3 is 2.79 bits per heavy atom. The quantitative estimate of drug-likeness (QED) is 0.615. The minimum atomic E-state index is -0.963. The van der Waals surface area contributed by atoms with Gasteiger partial charge in [-0.05, 0) is 48.5 Å². The molecule has 24 heavy (non-hydrogen) atoms. The number of aldehydes is 1. The van der Waals surface area contributed by atoms with Gasteiger partial charge in [0.25, 0.3) is 0 Å². The van der Waals surface area contributed by atoms with Crippen LogP contribution in [0.15, 0.2) is 22.8 Å². The van der Waals surface area contributed by atoms with E-state index >= 15 is 0 Å². The first-order valence-corrected chi connectivity index (χ1v) is 9.04. The van der Waals surface area contributed by atoms with Gasteiger partial charge in [0.05, 0.1) is 5.92 Å². The van der Waals surface area contributed by atoms with Crippen LogP contribution in [-0.2, 0) is 9.59 Å². The van der Waals surface area contributed by atoms with Gasteiger partial charge in [-0.25, -0.2) is 0 Å². The van der Waals surface area contributed by atoms with Crippen LogP contribution in [-0.4, -0.2) is 35.0 Å². The summed E-state index contributed by atoms with van der Waals surface area (Å²) in [5.41, 5.74) is 3.18. The number of aliphatic hydroxyl groups is 2. The summed E-state index contributed by atoms with van der Waals surface area (Å²) in [6, 6.07) is 0. The molecule has 0 aromatic rings. The molecule has 3 rings (SSSR count). The van der Waals surface area contributed by atoms with Crippen molar-refractivity contribution in [2.24, 2.45) is 29.1 Å². The Labute approximate surface area is 143 Å². The SMILES string of the molecule is CC(CO)C1=C2C/C=C(/C=O)[C@@H]3C(=O)[C@@H](O)[C@@H](C)[C@H]3C[C@]2(C)CC1. The maximum atomic E-state index is 12.5. The molecule has 0 heterocycles. The zero-order valence-corrected chi connectivity index (χ0v) is 14.8. The Balaban J connectivity index is 2.08. The molecule has 0 aliphatic heterocycles. The van der Waals surface area contributed by atoms with E-state index in [1.807, 2.05) is 19.9 Å². The van der Waals surface area contributed by atoms with E-state index in [-0.39, 0.29) is 35.6 Å². The molecule has 0 bridgehead atoms. The second kappa shape index (κ2) is 6.23. The third-order valence-corrected chi connectivity index (χ3v) is 6.85. The number of rotatable bonds is 3. The first kappa shape index (κ1) is 17.6. The summed E-state index contributed by atoms with van der Waals surface area (Å²) < 4.78 is 0. The number of allylic oxidation sites excluding steroid dienone is 3. The lowest BCUT2D eigenvalue weighted by Gasteiger charge is -2.36. The van der Waals surface area contributed by atoms with Crippen LogP contribution in [0.2, 0.25) is 0 Å². The molecule has 6 atom stereocenters. The maximum Gasteiger partial charge on any atom is 0.169 e. The number of aliphatic hydroxyl groups excluding tert-OH is 2. The number of fused-ring (bicyclic) bond motifs is 2. The van der Waals surface area contributed by atoms with Crippen molar-refractivity contribution in [3.63, 3.8) is 0 Å². The van der Waals surface area contributed by atoms with Crippen LogP contribution >= 0.6 is 0 Å². The van der Waals surface area contributed by atoms with Crippen molar-refractivity contribution < 1.29 is 19.8 Å². The summed E-state index contributed by atoms with van der Waals surface area (Å²) in [7, 11) is 0. The molecule has 1 fully saturated rings. The highest BCUT2D eigenvalue weighted by Gasteiger charge is 2.52. The highest BCUT2D eigenvalue weighted by atomic mass is 16.3. The Morgan fingerprint density at radius 1 is 1.46 bits per heavy atom. The number of hydrogen-bond acceptors (Lipinski definition) is 4. The molecule has 4 heteroatoms. The first-order valence-electron chi connectivity index (χ1n) is 9.04. The topological polar surface area (TPSA) is 74.6 Å². The number of Topliss-reactive ketones (excluding diaryl/α,β-unsaturated/α-hetero) is 1. The molecule has 1 saturated carbocycles. The smallest absolute Gasteiger partial charge is 0.169 e. The number of carbonyl (C=O) groups is 2. The molecule has 1 unspecified atom stereocenters. The second-order valence-electron chi connectivity index (χ2n) is 8.23. The Bertz CT molecular complexity index is 617. The maximum absolute atomic E-state index is 12.5. The fourth-order valence-corrected chi connectivity index (χ4v) is 5.25. The third kappa shape index (κ3) is 2.51.